The topological polar surface area (TPSA) is 24.9 Å². The van der Waals surface area contributed by atoms with Gasteiger partial charge in [-0.25, -0.2) is 9.37 Å². The number of hydrogen-bond acceptors (Lipinski definition) is 3. The van der Waals surface area contributed by atoms with Gasteiger partial charge in [0, 0.05) is 24.7 Å². The van der Waals surface area contributed by atoms with Gasteiger partial charge in [-0.3, -0.25) is 0 Å². The largest absolute Gasteiger partial charge is 0.308 e. The third-order valence-electron chi connectivity index (χ3n) is 1.03. The number of alkyl halides is 1. The van der Waals surface area contributed by atoms with Crippen molar-refractivity contribution in [2.75, 3.05) is 13.2 Å². The third kappa shape index (κ3) is 2.41. The van der Waals surface area contributed by atoms with E-state index in [9.17, 15) is 4.39 Å². The van der Waals surface area contributed by atoms with Gasteiger partial charge in [0.05, 0.1) is 0 Å². The second-order valence-corrected chi connectivity index (χ2v) is 2.77. The van der Waals surface area contributed by atoms with Gasteiger partial charge >= 0.3 is 0 Å². The van der Waals surface area contributed by atoms with E-state index in [1.807, 2.05) is 5.38 Å². The molecule has 0 aliphatic heterocycles. The maximum Gasteiger partial charge on any atom is 0.106 e. The van der Waals surface area contributed by atoms with Crippen molar-refractivity contribution in [2.24, 2.45) is 0 Å². The standard InChI is InChI=1S/C6H9FN2S/c7-1-2-8-5-6-9-3-4-10-6/h3-4,8H,1-2,5H2. The molecule has 1 aromatic rings. The Morgan fingerprint density at radius 2 is 2.60 bits per heavy atom. The molecule has 1 rings (SSSR count). The van der Waals surface area contributed by atoms with Crippen molar-refractivity contribution < 1.29 is 4.39 Å². The minimum Gasteiger partial charge on any atom is -0.308 e. The molecule has 0 bridgehead atoms. The Kier molecular flexibility index (Phi) is 3.32. The first-order valence-corrected chi connectivity index (χ1v) is 3.96. The molecule has 56 valence electrons. The van der Waals surface area contributed by atoms with Gasteiger partial charge in [-0.1, -0.05) is 0 Å². The molecule has 1 N–H and O–H groups in total. The lowest BCUT2D eigenvalue weighted by Crippen LogP contribution is -2.15. The highest BCUT2D eigenvalue weighted by Crippen LogP contribution is 2.01. The number of halogens is 1. The minimum absolute atomic E-state index is 0.314. The Morgan fingerprint density at radius 1 is 1.70 bits per heavy atom. The van der Waals surface area contributed by atoms with Crippen LogP contribution in [0.5, 0.6) is 0 Å². The Labute approximate surface area is 63.1 Å². The Morgan fingerprint density at radius 3 is 3.20 bits per heavy atom. The van der Waals surface area contributed by atoms with E-state index < -0.39 is 0 Å². The van der Waals surface area contributed by atoms with E-state index in [-0.39, 0.29) is 6.67 Å². The number of nitrogens with one attached hydrogen (secondary N) is 1. The molecule has 1 heterocycles. The highest BCUT2D eigenvalue weighted by Gasteiger charge is 1.91. The van der Waals surface area contributed by atoms with Gasteiger partial charge in [-0.15, -0.1) is 11.3 Å². The Bertz CT molecular complexity index is 164. The Hall–Kier alpha value is -0.480. The molecule has 4 heteroatoms. The molecule has 0 spiro atoms. The number of aromatic nitrogens is 1. The summed E-state index contributed by atoms with van der Waals surface area (Å²) in [5.41, 5.74) is 0. The van der Waals surface area contributed by atoms with Gasteiger partial charge in [0.15, 0.2) is 0 Å². The summed E-state index contributed by atoms with van der Waals surface area (Å²) in [4.78, 5) is 4.02. The lowest BCUT2D eigenvalue weighted by molar-refractivity contribution is 0.466. The van der Waals surface area contributed by atoms with E-state index in [1.54, 1.807) is 17.5 Å². The average molecular weight is 160 g/mol. The first-order valence-electron chi connectivity index (χ1n) is 3.08. The molecule has 10 heavy (non-hydrogen) atoms. The first-order chi connectivity index (χ1) is 4.93. The van der Waals surface area contributed by atoms with Crippen LogP contribution in [0.1, 0.15) is 5.01 Å². The molecule has 2 nitrogen and oxygen atoms in total. The number of thiazole rings is 1. The molecule has 0 amide bonds. The first kappa shape index (κ1) is 7.63. The molecular weight excluding hydrogens is 151 g/mol. The quantitative estimate of drug-likeness (QED) is 0.669. The highest BCUT2D eigenvalue weighted by molar-refractivity contribution is 7.09. The van der Waals surface area contributed by atoms with E-state index in [0.29, 0.717) is 13.1 Å². The van der Waals surface area contributed by atoms with Crippen molar-refractivity contribution >= 4 is 11.3 Å². The zero-order valence-electron chi connectivity index (χ0n) is 5.51. The summed E-state index contributed by atoms with van der Waals surface area (Å²) in [5, 5.41) is 5.83. The van der Waals surface area contributed by atoms with E-state index in [2.05, 4.69) is 10.3 Å². The molecule has 0 saturated heterocycles. The Balaban J connectivity index is 2.15. The molecule has 0 radical (unpaired) electrons. The summed E-state index contributed by atoms with van der Waals surface area (Å²) in [6, 6.07) is 0. The maximum absolute atomic E-state index is 11.5. The van der Waals surface area contributed by atoms with E-state index in [1.165, 1.54) is 0 Å². The predicted octanol–water partition coefficient (Wildman–Crippen LogP) is 1.20. The normalized spacial score (nSPS) is 10.1. The molecule has 0 aliphatic rings. The monoisotopic (exact) mass is 160 g/mol. The fraction of sp³-hybridized carbons (Fsp3) is 0.500. The summed E-state index contributed by atoms with van der Waals surface area (Å²) >= 11 is 1.58. The van der Waals surface area contributed by atoms with Crippen LogP contribution in [0.4, 0.5) is 4.39 Å². The van der Waals surface area contributed by atoms with Crippen molar-refractivity contribution in [3.63, 3.8) is 0 Å². The zero-order chi connectivity index (χ0) is 7.23. The lowest BCUT2D eigenvalue weighted by atomic mass is 10.6. The van der Waals surface area contributed by atoms with Crippen molar-refractivity contribution in [3.05, 3.63) is 16.6 Å². The molecule has 0 aromatic carbocycles. The van der Waals surface area contributed by atoms with Gasteiger partial charge in [-0.05, 0) is 0 Å². The van der Waals surface area contributed by atoms with Gasteiger partial charge in [0.25, 0.3) is 0 Å². The molecular formula is C6H9FN2S. The summed E-state index contributed by atoms with van der Waals surface area (Å²) < 4.78 is 11.5. The average Bonchev–Trinajstić information content (AvgIpc) is 2.41. The van der Waals surface area contributed by atoms with Crippen LogP contribution in [0.15, 0.2) is 11.6 Å². The second kappa shape index (κ2) is 4.35. The van der Waals surface area contributed by atoms with Crippen LogP contribution in [0.25, 0.3) is 0 Å². The minimum atomic E-state index is -0.314. The zero-order valence-corrected chi connectivity index (χ0v) is 6.33. The maximum atomic E-state index is 11.5. The number of rotatable bonds is 4. The summed E-state index contributed by atoms with van der Waals surface area (Å²) in [6.07, 6.45) is 1.75. The van der Waals surface area contributed by atoms with Gasteiger partial charge in [0.2, 0.25) is 0 Å². The highest BCUT2D eigenvalue weighted by atomic mass is 32.1. The third-order valence-corrected chi connectivity index (χ3v) is 1.81. The van der Waals surface area contributed by atoms with E-state index >= 15 is 0 Å². The van der Waals surface area contributed by atoms with Crippen LogP contribution < -0.4 is 5.32 Å². The summed E-state index contributed by atoms with van der Waals surface area (Å²) in [5.74, 6) is 0. The molecule has 0 aliphatic carbocycles. The predicted molar refractivity (Wildman–Crippen MR) is 39.8 cm³/mol. The summed E-state index contributed by atoms with van der Waals surface area (Å²) in [6.45, 7) is 0.784. The second-order valence-electron chi connectivity index (χ2n) is 1.79. The van der Waals surface area contributed by atoms with E-state index in [4.69, 9.17) is 0 Å². The van der Waals surface area contributed by atoms with Crippen LogP contribution in [0, 0.1) is 0 Å². The van der Waals surface area contributed by atoms with E-state index in [0.717, 1.165) is 5.01 Å². The molecule has 0 unspecified atom stereocenters. The van der Waals surface area contributed by atoms with Crippen LogP contribution in [-0.2, 0) is 6.54 Å². The lowest BCUT2D eigenvalue weighted by Gasteiger charge is -1.95. The van der Waals surface area contributed by atoms with Gasteiger partial charge in [0.1, 0.15) is 11.7 Å². The van der Waals surface area contributed by atoms with Crippen LogP contribution in [0.3, 0.4) is 0 Å². The van der Waals surface area contributed by atoms with Gasteiger partial charge in [-0.2, -0.15) is 0 Å². The van der Waals surface area contributed by atoms with Crippen LogP contribution >= 0.6 is 11.3 Å². The fourth-order valence-electron chi connectivity index (χ4n) is 0.602. The van der Waals surface area contributed by atoms with Gasteiger partial charge < -0.3 is 5.32 Å². The van der Waals surface area contributed by atoms with Crippen molar-refractivity contribution in [1.29, 1.82) is 0 Å². The van der Waals surface area contributed by atoms with Crippen molar-refractivity contribution in [2.45, 2.75) is 6.54 Å². The summed E-state index contributed by atoms with van der Waals surface area (Å²) in [7, 11) is 0. The number of hydrogen-bond donors (Lipinski definition) is 1. The number of nitrogens with zero attached hydrogens (tertiary/aromatic N) is 1. The molecule has 0 saturated carbocycles. The van der Waals surface area contributed by atoms with Crippen LogP contribution in [0.2, 0.25) is 0 Å². The molecule has 0 atom stereocenters. The molecule has 1 aromatic heterocycles. The molecule has 0 fully saturated rings. The van der Waals surface area contributed by atoms with Crippen molar-refractivity contribution in [1.82, 2.24) is 10.3 Å². The fourth-order valence-corrected chi connectivity index (χ4v) is 1.19. The smallest absolute Gasteiger partial charge is 0.106 e. The van der Waals surface area contributed by atoms with Crippen molar-refractivity contribution in [3.8, 4) is 0 Å². The van der Waals surface area contributed by atoms with Crippen LogP contribution in [-0.4, -0.2) is 18.2 Å². The SMILES string of the molecule is FCCNCc1nccs1.